The molecule has 2 N–H and O–H groups in total. The molecule has 1 aliphatic heterocycles. The molecule has 2 aromatic carbocycles. The fraction of sp³-hybridized carbons (Fsp3) is 0.400. The highest BCUT2D eigenvalue weighted by molar-refractivity contribution is 5.80. The maximum Gasteiger partial charge on any atom is 0.407 e. The number of halogens is 2. The first kappa shape index (κ1) is 24.6. The molecule has 0 radical (unpaired) electrons. The highest BCUT2D eigenvalue weighted by Gasteiger charge is 2.43. The molecule has 0 aromatic heterocycles. The summed E-state index contributed by atoms with van der Waals surface area (Å²) in [6.45, 7) is 1.26. The highest BCUT2D eigenvalue weighted by Crippen LogP contribution is 2.44. The van der Waals surface area contributed by atoms with E-state index in [-0.39, 0.29) is 25.6 Å². The van der Waals surface area contributed by atoms with Crippen molar-refractivity contribution in [2.75, 3.05) is 26.3 Å². The first-order valence-corrected chi connectivity index (χ1v) is 11.2. The number of alkyl halides is 2. The van der Waals surface area contributed by atoms with Gasteiger partial charge in [-0.3, -0.25) is 4.79 Å². The topological polar surface area (TPSA) is 105 Å². The largest absolute Gasteiger partial charge is 0.480 e. The molecule has 1 atom stereocenters. The molecular formula is C25H26F2N2O6. The summed E-state index contributed by atoms with van der Waals surface area (Å²) < 4.78 is 37.7. The zero-order valence-electron chi connectivity index (χ0n) is 19.1. The molecule has 1 saturated heterocycles. The maximum absolute atomic E-state index is 13.6. The molecule has 0 saturated carbocycles. The Morgan fingerprint density at radius 1 is 1.09 bits per heavy atom. The number of rotatable bonds is 9. The number of likely N-dealkylation sites (tertiary alicyclic amines) is 1. The lowest BCUT2D eigenvalue weighted by atomic mass is 9.95. The van der Waals surface area contributed by atoms with Crippen molar-refractivity contribution < 1.29 is 37.7 Å². The van der Waals surface area contributed by atoms with Crippen LogP contribution in [-0.2, 0) is 19.1 Å². The van der Waals surface area contributed by atoms with Crippen LogP contribution >= 0.6 is 0 Å². The zero-order chi connectivity index (χ0) is 25.2. The SMILES string of the molecule is CC1(OCC(=O)O)CN(C(=O)CC(NC(=O)OCC2c3ccccc3-c3ccccc32)C(F)F)C1. The van der Waals surface area contributed by atoms with Gasteiger partial charge < -0.3 is 24.8 Å². The van der Waals surface area contributed by atoms with Gasteiger partial charge in [0.05, 0.1) is 19.5 Å². The number of benzene rings is 2. The second-order valence-electron chi connectivity index (χ2n) is 9.00. The van der Waals surface area contributed by atoms with Crippen LogP contribution in [0, 0.1) is 0 Å². The molecular weight excluding hydrogens is 462 g/mol. The van der Waals surface area contributed by atoms with E-state index >= 15 is 0 Å². The van der Waals surface area contributed by atoms with Crippen molar-refractivity contribution >= 4 is 18.0 Å². The Balaban J connectivity index is 1.31. The van der Waals surface area contributed by atoms with E-state index in [1.54, 1.807) is 6.92 Å². The highest BCUT2D eigenvalue weighted by atomic mass is 19.3. The molecule has 1 aliphatic carbocycles. The van der Waals surface area contributed by atoms with E-state index in [0.29, 0.717) is 0 Å². The minimum Gasteiger partial charge on any atom is -0.480 e. The number of aliphatic carboxylic acids is 1. The standard InChI is InChI=1S/C25H26F2N2O6/c1-25(35-12-22(31)32)13-29(14-25)21(30)10-20(23(26)27)28-24(33)34-11-19-17-8-4-2-6-15(17)16-7-3-5-9-18(16)19/h2-9,19-20,23H,10-14H2,1H3,(H,28,33)(H,31,32). The molecule has 10 heteroatoms. The number of fused-ring (bicyclic) bond motifs is 3. The quantitative estimate of drug-likeness (QED) is 0.562. The van der Waals surface area contributed by atoms with Gasteiger partial charge >= 0.3 is 12.1 Å². The molecule has 8 nitrogen and oxygen atoms in total. The van der Waals surface area contributed by atoms with Crippen LogP contribution in [-0.4, -0.2) is 72.3 Å². The van der Waals surface area contributed by atoms with Gasteiger partial charge in [-0.25, -0.2) is 18.4 Å². The van der Waals surface area contributed by atoms with E-state index in [4.69, 9.17) is 14.6 Å². The van der Waals surface area contributed by atoms with Gasteiger partial charge in [0.25, 0.3) is 6.43 Å². The van der Waals surface area contributed by atoms with Crippen molar-refractivity contribution in [2.45, 2.75) is 37.3 Å². The van der Waals surface area contributed by atoms with E-state index in [2.05, 4.69) is 5.32 Å². The normalized spacial score (nSPS) is 16.7. The lowest BCUT2D eigenvalue weighted by Crippen LogP contribution is -2.64. The second-order valence-corrected chi connectivity index (χ2v) is 9.00. The third kappa shape index (κ3) is 5.43. The predicted octanol–water partition coefficient (Wildman–Crippen LogP) is 3.25. The van der Waals surface area contributed by atoms with Gasteiger partial charge in [-0.05, 0) is 29.2 Å². The minimum atomic E-state index is -2.98. The van der Waals surface area contributed by atoms with Crippen molar-refractivity contribution in [3.8, 4) is 11.1 Å². The Labute approximate surface area is 200 Å². The monoisotopic (exact) mass is 488 g/mol. The number of carboxylic acid groups (broad SMARTS) is 1. The number of nitrogens with zero attached hydrogens (tertiary/aromatic N) is 1. The molecule has 2 aromatic rings. The third-order valence-corrected chi connectivity index (χ3v) is 6.29. The lowest BCUT2D eigenvalue weighted by Gasteiger charge is -2.47. The number of ether oxygens (including phenoxy) is 2. The van der Waals surface area contributed by atoms with Gasteiger partial charge in [0.2, 0.25) is 5.91 Å². The fourth-order valence-corrected chi connectivity index (χ4v) is 4.58. The Morgan fingerprint density at radius 2 is 1.66 bits per heavy atom. The summed E-state index contributed by atoms with van der Waals surface area (Å²) in [5.74, 6) is -1.95. The first-order valence-electron chi connectivity index (χ1n) is 11.2. The van der Waals surface area contributed by atoms with Crippen molar-refractivity contribution in [3.05, 3.63) is 59.7 Å². The van der Waals surface area contributed by atoms with E-state index in [0.717, 1.165) is 22.3 Å². The molecule has 186 valence electrons. The summed E-state index contributed by atoms with van der Waals surface area (Å²) >= 11 is 0. The molecule has 0 spiro atoms. The average molecular weight is 488 g/mol. The van der Waals surface area contributed by atoms with Gasteiger partial charge in [-0.2, -0.15) is 0 Å². The number of nitrogens with one attached hydrogen (secondary N) is 1. The van der Waals surface area contributed by atoms with E-state index in [1.807, 2.05) is 48.5 Å². The van der Waals surface area contributed by atoms with Gasteiger partial charge in [0.15, 0.2) is 0 Å². The van der Waals surface area contributed by atoms with Crippen LogP contribution in [0.5, 0.6) is 0 Å². The van der Waals surface area contributed by atoms with Crippen LogP contribution < -0.4 is 5.32 Å². The molecule has 0 bridgehead atoms. The number of hydrogen-bond acceptors (Lipinski definition) is 5. The van der Waals surface area contributed by atoms with Crippen molar-refractivity contribution in [3.63, 3.8) is 0 Å². The molecule has 1 unspecified atom stereocenters. The maximum atomic E-state index is 13.6. The van der Waals surface area contributed by atoms with E-state index in [1.165, 1.54) is 4.90 Å². The van der Waals surface area contributed by atoms with E-state index in [9.17, 15) is 23.2 Å². The van der Waals surface area contributed by atoms with Gasteiger partial charge in [0, 0.05) is 5.92 Å². The van der Waals surface area contributed by atoms with Crippen LogP contribution in [0.3, 0.4) is 0 Å². The summed E-state index contributed by atoms with van der Waals surface area (Å²) in [7, 11) is 0. The molecule has 2 amide bonds. The van der Waals surface area contributed by atoms with Crippen LogP contribution in [0.15, 0.2) is 48.5 Å². The number of amides is 2. The summed E-state index contributed by atoms with van der Waals surface area (Å²) in [6, 6.07) is 13.8. The molecule has 1 heterocycles. The van der Waals surface area contributed by atoms with Crippen LogP contribution in [0.2, 0.25) is 0 Å². The fourth-order valence-electron chi connectivity index (χ4n) is 4.58. The minimum absolute atomic E-state index is 0.0326. The van der Waals surface area contributed by atoms with Gasteiger partial charge in [-0.1, -0.05) is 48.5 Å². The summed E-state index contributed by atoms with van der Waals surface area (Å²) in [5, 5.41) is 10.8. The summed E-state index contributed by atoms with van der Waals surface area (Å²) in [6.07, 6.45) is -4.62. The van der Waals surface area contributed by atoms with Crippen LogP contribution in [0.25, 0.3) is 11.1 Å². The third-order valence-electron chi connectivity index (χ3n) is 6.29. The lowest BCUT2D eigenvalue weighted by molar-refractivity contribution is -0.173. The average Bonchev–Trinajstić information content (AvgIpc) is 3.12. The van der Waals surface area contributed by atoms with E-state index < -0.39 is 49.1 Å². The number of alkyl carbamates (subject to hydrolysis) is 1. The molecule has 35 heavy (non-hydrogen) atoms. The number of hydrogen-bond donors (Lipinski definition) is 2. The number of carbonyl (C=O) groups is 3. The van der Waals surface area contributed by atoms with Crippen LogP contribution in [0.1, 0.15) is 30.4 Å². The van der Waals surface area contributed by atoms with Crippen molar-refractivity contribution in [1.29, 1.82) is 0 Å². The smallest absolute Gasteiger partial charge is 0.407 e. The second kappa shape index (κ2) is 9.99. The van der Waals surface area contributed by atoms with Gasteiger partial charge in [0.1, 0.15) is 24.9 Å². The molecule has 2 aliphatic rings. The first-order chi connectivity index (χ1) is 16.7. The Bertz CT molecular complexity index is 1070. The zero-order valence-corrected chi connectivity index (χ0v) is 19.1. The Hall–Kier alpha value is -3.53. The van der Waals surface area contributed by atoms with Crippen LogP contribution in [0.4, 0.5) is 13.6 Å². The summed E-state index contributed by atoms with van der Waals surface area (Å²) in [5.41, 5.74) is 3.24. The Kier molecular flexibility index (Phi) is 7.02. The van der Waals surface area contributed by atoms with Crippen molar-refractivity contribution in [1.82, 2.24) is 10.2 Å². The molecule has 4 rings (SSSR count). The number of carbonyl (C=O) groups excluding carboxylic acids is 2. The number of carboxylic acids is 1. The predicted molar refractivity (Wildman–Crippen MR) is 121 cm³/mol. The Morgan fingerprint density at radius 3 is 2.20 bits per heavy atom. The summed E-state index contributed by atoms with van der Waals surface area (Å²) in [4.78, 5) is 36.7. The van der Waals surface area contributed by atoms with Crippen molar-refractivity contribution in [2.24, 2.45) is 0 Å². The molecule has 1 fully saturated rings. The van der Waals surface area contributed by atoms with Gasteiger partial charge in [-0.15, -0.1) is 0 Å².